The fourth-order valence-electron chi connectivity index (χ4n) is 1.89. The molecule has 1 amide bonds. The fraction of sp³-hybridized carbons (Fsp3) is 0.200. The first-order chi connectivity index (χ1) is 10.5. The topological polar surface area (TPSA) is 94.4 Å². The molecule has 0 unspecified atom stereocenters. The summed E-state index contributed by atoms with van der Waals surface area (Å²) in [6.07, 6.45) is 0. The molecule has 1 heterocycles. The van der Waals surface area contributed by atoms with Gasteiger partial charge in [0.1, 0.15) is 11.6 Å². The van der Waals surface area contributed by atoms with Crippen LogP contribution >= 0.6 is 0 Å². The number of nitro groups is 1. The minimum Gasteiger partial charge on any atom is -0.493 e. The molecule has 0 radical (unpaired) electrons. The van der Waals surface area contributed by atoms with Crippen molar-refractivity contribution < 1.29 is 14.5 Å². The first-order valence-corrected chi connectivity index (χ1v) is 6.67. The number of nitrogens with zero attached hydrogens (tertiary/aromatic N) is 2. The van der Waals surface area contributed by atoms with Crippen molar-refractivity contribution in [3.8, 4) is 5.75 Å². The summed E-state index contributed by atoms with van der Waals surface area (Å²) in [4.78, 5) is 26.8. The Balaban J connectivity index is 2.33. The first-order valence-electron chi connectivity index (χ1n) is 6.67. The van der Waals surface area contributed by atoms with E-state index in [1.165, 1.54) is 18.2 Å². The Morgan fingerprint density at radius 2 is 2.14 bits per heavy atom. The van der Waals surface area contributed by atoms with Crippen molar-refractivity contribution in [3.63, 3.8) is 0 Å². The molecule has 1 aromatic heterocycles. The number of nitrogens with one attached hydrogen (secondary N) is 1. The summed E-state index contributed by atoms with van der Waals surface area (Å²) in [5, 5.41) is 13.5. The van der Waals surface area contributed by atoms with Crippen molar-refractivity contribution in [1.82, 2.24) is 4.98 Å². The van der Waals surface area contributed by atoms with Crippen LogP contribution in [0.5, 0.6) is 5.75 Å². The third-order valence-corrected chi connectivity index (χ3v) is 2.85. The lowest BCUT2D eigenvalue weighted by Gasteiger charge is -2.10. The van der Waals surface area contributed by atoms with Crippen LogP contribution in [0.2, 0.25) is 0 Å². The zero-order valence-electron chi connectivity index (χ0n) is 12.2. The Morgan fingerprint density at radius 1 is 1.36 bits per heavy atom. The smallest absolute Gasteiger partial charge is 0.270 e. The van der Waals surface area contributed by atoms with Crippen molar-refractivity contribution >= 4 is 17.4 Å². The molecule has 0 fully saturated rings. The molecule has 1 N–H and O–H groups in total. The molecule has 0 aliphatic carbocycles. The molecule has 0 spiro atoms. The molecule has 0 saturated carbocycles. The molecule has 7 nitrogen and oxygen atoms in total. The number of carbonyl (C=O) groups is 1. The fourth-order valence-corrected chi connectivity index (χ4v) is 1.89. The maximum Gasteiger partial charge on any atom is 0.270 e. The highest BCUT2D eigenvalue weighted by atomic mass is 16.6. The SMILES string of the molecule is CCOc1ccc([N+](=O)[O-])cc1C(=O)Nc1cccc(C)n1. The molecule has 0 bridgehead atoms. The quantitative estimate of drug-likeness (QED) is 0.676. The number of amides is 1. The van der Waals surface area contributed by atoms with E-state index in [4.69, 9.17) is 4.74 Å². The number of aryl methyl sites for hydroxylation is 1. The van der Waals surface area contributed by atoms with Gasteiger partial charge in [0.15, 0.2) is 0 Å². The number of anilines is 1. The van der Waals surface area contributed by atoms with Gasteiger partial charge < -0.3 is 10.1 Å². The van der Waals surface area contributed by atoms with E-state index < -0.39 is 10.8 Å². The number of pyridine rings is 1. The third kappa shape index (κ3) is 3.57. The van der Waals surface area contributed by atoms with Crippen LogP contribution in [0.4, 0.5) is 11.5 Å². The second kappa shape index (κ2) is 6.66. The van der Waals surface area contributed by atoms with Gasteiger partial charge in [-0.15, -0.1) is 0 Å². The Labute approximate surface area is 127 Å². The van der Waals surface area contributed by atoms with Gasteiger partial charge in [0.2, 0.25) is 0 Å². The van der Waals surface area contributed by atoms with Crippen molar-refractivity contribution in [2.75, 3.05) is 11.9 Å². The molecule has 2 rings (SSSR count). The molecule has 0 aliphatic heterocycles. The van der Waals surface area contributed by atoms with Gasteiger partial charge >= 0.3 is 0 Å². The molecule has 114 valence electrons. The minimum atomic E-state index is -0.558. The molecule has 1 aromatic carbocycles. The molecule has 0 atom stereocenters. The summed E-state index contributed by atoms with van der Waals surface area (Å²) in [5.74, 6) is 0.155. The van der Waals surface area contributed by atoms with Crippen LogP contribution < -0.4 is 10.1 Å². The van der Waals surface area contributed by atoms with Crippen molar-refractivity contribution in [3.05, 3.63) is 57.8 Å². The van der Waals surface area contributed by atoms with Crippen LogP contribution in [0.25, 0.3) is 0 Å². The normalized spacial score (nSPS) is 10.1. The summed E-state index contributed by atoms with van der Waals surface area (Å²) in [6, 6.07) is 9.11. The number of non-ortho nitro benzene ring substituents is 1. The van der Waals surface area contributed by atoms with Crippen LogP contribution in [-0.2, 0) is 0 Å². The van der Waals surface area contributed by atoms with Gasteiger partial charge in [-0.3, -0.25) is 14.9 Å². The molecule has 0 saturated heterocycles. The number of carbonyl (C=O) groups excluding carboxylic acids is 1. The van der Waals surface area contributed by atoms with E-state index in [1.807, 2.05) is 0 Å². The zero-order valence-corrected chi connectivity index (χ0v) is 12.2. The summed E-state index contributed by atoms with van der Waals surface area (Å²) < 4.78 is 5.35. The maximum absolute atomic E-state index is 12.3. The van der Waals surface area contributed by atoms with Crippen LogP contribution in [0.3, 0.4) is 0 Å². The third-order valence-electron chi connectivity index (χ3n) is 2.85. The van der Waals surface area contributed by atoms with Gasteiger partial charge in [0.05, 0.1) is 17.1 Å². The van der Waals surface area contributed by atoms with Crippen LogP contribution in [0, 0.1) is 17.0 Å². The number of hydrogen-bond acceptors (Lipinski definition) is 5. The number of rotatable bonds is 5. The highest BCUT2D eigenvalue weighted by Gasteiger charge is 2.18. The lowest BCUT2D eigenvalue weighted by molar-refractivity contribution is -0.384. The van der Waals surface area contributed by atoms with Gasteiger partial charge in [-0.05, 0) is 32.0 Å². The van der Waals surface area contributed by atoms with Crippen molar-refractivity contribution in [2.45, 2.75) is 13.8 Å². The summed E-state index contributed by atoms with van der Waals surface area (Å²) >= 11 is 0. The van der Waals surface area contributed by atoms with Crippen LogP contribution in [-0.4, -0.2) is 22.4 Å². The molecule has 0 aliphatic rings. The van der Waals surface area contributed by atoms with E-state index in [9.17, 15) is 14.9 Å². The van der Waals surface area contributed by atoms with Crippen LogP contribution in [0.1, 0.15) is 23.0 Å². The van der Waals surface area contributed by atoms with Crippen molar-refractivity contribution in [2.24, 2.45) is 0 Å². The van der Waals surface area contributed by atoms with E-state index in [-0.39, 0.29) is 11.3 Å². The Morgan fingerprint density at radius 3 is 2.77 bits per heavy atom. The number of ether oxygens (including phenoxy) is 1. The van der Waals surface area contributed by atoms with Gasteiger partial charge in [0.25, 0.3) is 11.6 Å². The van der Waals surface area contributed by atoms with Gasteiger partial charge in [0, 0.05) is 17.8 Å². The molecule has 2 aromatic rings. The van der Waals surface area contributed by atoms with Gasteiger partial charge in [-0.2, -0.15) is 0 Å². The second-order valence-electron chi connectivity index (χ2n) is 4.49. The summed E-state index contributed by atoms with van der Waals surface area (Å²) in [6.45, 7) is 3.92. The molecular formula is C15H15N3O4. The summed E-state index contributed by atoms with van der Waals surface area (Å²) in [7, 11) is 0. The Hall–Kier alpha value is -2.96. The lowest BCUT2D eigenvalue weighted by atomic mass is 10.1. The maximum atomic E-state index is 12.3. The number of benzene rings is 1. The van der Waals surface area contributed by atoms with Gasteiger partial charge in [-0.1, -0.05) is 6.07 Å². The largest absolute Gasteiger partial charge is 0.493 e. The van der Waals surface area contributed by atoms with E-state index in [0.29, 0.717) is 18.2 Å². The molecule has 22 heavy (non-hydrogen) atoms. The predicted octanol–water partition coefficient (Wildman–Crippen LogP) is 2.95. The van der Waals surface area contributed by atoms with E-state index in [0.717, 1.165) is 5.69 Å². The van der Waals surface area contributed by atoms with E-state index in [2.05, 4.69) is 10.3 Å². The Bertz CT molecular complexity index is 716. The zero-order chi connectivity index (χ0) is 16.1. The average Bonchev–Trinajstić information content (AvgIpc) is 2.47. The van der Waals surface area contributed by atoms with Crippen molar-refractivity contribution in [1.29, 1.82) is 0 Å². The first kappa shape index (κ1) is 15.4. The molecular weight excluding hydrogens is 286 g/mol. The second-order valence-corrected chi connectivity index (χ2v) is 4.49. The Kier molecular flexibility index (Phi) is 4.67. The number of aromatic nitrogens is 1. The van der Waals surface area contributed by atoms with E-state index in [1.54, 1.807) is 32.0 Å². The monoisotopic (exact) mass is 301 g/mol. The van der Waals surface area contributed by atoms with Gasteiger partial charge in [-0.25, -0.2) is 4.98 Å². The number of hydrogen-bond donors (Lipinski definition) is 1. The molecule has 7 heteroatoms. The van der Waals surface area contributed by atoms with Crippen LogP contribution in [0.15, 0.2) is 36.4 Å². The number of nitro benzene ring substituents is 1. The highest BCUT2D eigenvalue weighted by Crippen LogP contribution is 2.25. The highest BCUT2D eigenvalue weighted by molar-refractivity contribution is 6.06. The lowest BCUT2D eigenvalue weighted by Crippen LogP contribution is -2.15. The summed E-state index contributed by atoms with van der Waals surface area (Å²) in [5.41, 5.74) is 0.673. The van der Waals surface area contributed by atoms with E-state index >= 15 is 0 Å². The average molecular weight is 301 g/mol. The minimum absolute atomic E-state index is 0.0966. The standard InChI is InChI=1S/C15H15N3O4/c1-3-22-13-8-7-11(18(20)21)9-12(13)15(19)17-14-6-4-5-10(2)16-14/h4-9H,3H2,1-2H3,(H,16,17,19). The predicted molar refractivity (Wildman–Crippen MR) is 81.2 cm³/mol.